The fraction of sp³-hybridized carbons (Fsp3) is 0.455. The van der Waals surface area contributed by atoms with Crippen molar-refractivity contribution in [1.82, 2.24) is 15.5 Å². The second-order valence-electron chi connectivity index (χ2n) is 7.26. The molecule has 0 saturated carbocycles. The van der Waals surface area contributed by atoms with Crippen LogP contribution in [0.4, 0.5) is 0 Å². The first-order valence-electron chi connectivity index (χ1n) is 10.1. The summed E-state index contributed by atoms with van der Waals surface area (Å²) < 4.78 is 5.12. The van der Waals surface area contributed by atoms with E-state index in [4.69, 9.17) is 4.74 Å². The number of methoxy groups -OCH3 is 1. The predicted octanol–water partition coefficient (Wildman–Crippen LogP) is 3.11. The van der Waals surface area contributed by atoms with E-state index in [2.05, 4.69) is 32.4 Å². The van der Waals surface area contributed by atoms with E-state index in [1.807, 2.05) is 24.3 Å². The molecule has 7 heteroatoms. The van der Waals surface area contributed by atoms with Crippen LogP contribution in [0.2, 0.25) is 0 Å². The van der Waals surface area contributed by atoms with E-state index >= 15 is 0 Å². The van der Waals surface area contributed by atoms with Crippen molar-refractivity contribution in [2.45, 2.75) is 38.3 Å². The van der Waals surface area contributed by atoms with Gasteiger partial charge in [-0.3, -0.25) is 14.5 Å². The standard InChI is InChI=1S/C22H29N3O3S/c1-28-19-8-6-17(7-9-19)14-23-21(26)22(27)24-15-20(18-10-13-29-16-18)25-11-4-2-3-5-12-25/h6-10,13,16,20H,2-5,11-12,14-15H2,1H3,(H,23,26)(H,24,27). The lowest BCUT2D eigenvalue weighted by Crippen LogP contribution is -2.44. The zero-order chi connectivity index (χ0) is 20.5. The first-order valence-corrected chi connectivity index (χ1v) is 11.1. The highest BCUT2D eigenvalue weighted by molar-refractivity contribution is 7.08. The van der Waals surface area contributed by atoms with Gasteiger partial charge in [0.05, 0.1) is 13.2 Å². The van der Waals surface area contributed by atoms with Crippen molar-refractivity contribution >= 4 is 23.2 Å². The molecule has 1 atom stereocenters. The van der Waals surface area contributed by atoms with Gasteiger partial charge in [-0.25, -0.2) is 0 Å². The van der Waals surface area contributed by atoms with Crippen LogP contribution in [0, 0.1) is 0 Å². The molecule has 1 aliphatic heterocycles. The van der Waals surface area contributed by atoms with Gasteiger partial charge >= 0.3 is 11.8 Å². The average molecular weight is 416 g/mol. The Labute approximate surface area is 176 Å². The zero-order valence-electron chi connectivity index (χ0n) is 16.9. The molecule has 29 heavy (non-hydrogen) atoms. The highest BCUT2D eigenvalue weighted by Gasteiger charge is 2.23. The summed E-state index contributed by atoms with van der Waals surface area (Å²) in [5.74, 6) is -0.444. The highest BCUT2D eigenvalue weighted by Crippen LogP contribution is 2.25. The molecule has 1 aromatic heterocycles. The number of carbonyl (C=O) groups excluding carboxylic acids is 2. The summed E-state index contributed by atoms with van der Waals surface area (Å²) in [5, 5.41) is 9.71. The molecular formula is C22H29N3O3S. The Morgan fingerprint density at radius 2 is 1.72 bits per heavy atom. The third-order valence-electron chi connectivity index (χ3n) is 5.28. The lowest BCUT2D eigenvalue weighted by molar-refractivity contribution is -0.139. The van der Waals surface area contributed by atoms with Crippen molar-refractivity contribution in [3.63, 3.8) is 0 Å². The summed E-state index contributed by atoms with van der Waals surface area (Å²) >= 11 is 1.66. The van der Waals surface area contributed by atoms with Crippen LogP contribution in [-0.4, -0.2) is 43.5 Å². The molecule has 1 aliphatic rings. The highest BCUT2D eigenvalue weighted by atomic mass is 32.1. The van der Waals surface area contributed by atoms with Crippen LogP contribution in [-0.2, 0) is 16.1 Å². The van der Waals surface area contributed by atoms with E-state index in [9.17, 15) is 9.59 Å². The maximum absolute atomic E-state index is 12.3. The van der Waals surface area contributed by atoms with E-state index in [0.29, 0.717) is 13.1 Å². The molecular weight excluding hydrogens is 386 g/mol. The molecule has 0 spiro atoms. The molecule has 3 rings (SSSR count). The molecule has 2 heterocycles. The predicted molar refractivity (Wildman–Crippen MR) is 115 cm³/mol. The Morgan fingerprint density at radius 1 is 1.03 bits per heavy atom. The van der Waals surface area contributed by atoms with Crippen LogP contribution >= 0.6 is 11.3 Å². The van der Waals surface area contributed by atoms with Crippen molar-refractivity contribution < 1.29 is 14.3 Å². The largest absolute Gasteiger partial charge is 0.497 e. The summed E-state index contributed by atoms with van der Waals surface area (Å²) in [5.41, 5.74) is 2.11. The Balaban J connectivity index is 1.52. The number of carbonyl (C=O) groups is 2. The van der Waals surface area contributed by atoms with E-state index in [0.717, 1.165) is 24.4 Å². The normalized spacial score (nSPS) is 15.9. The van der Waals surface area contributed by atoms with E-state index < -0.39 is 11.8 Å². The van der Waals surface area contributed by atoms with Gasteiger partial charge in [0, 0.05) is 13.1 Å². The third-order valence-corrected chi connectivity index (χ3v) is 5.99. The first-order chi connectivity index (χ1) is 14.2. The van der Waals surface area contributed by atoms with Crippen LogP contribution in [0.3, 0.4) is 0 Å². The number of rotatable bonds is 7. The third kappa shape index (κ3) is 6.30. The fourth-order valence-corrected chi connectivity index (χ4v) is 4.31. The number of hydrogen-bond donors (Lipinski definition) is 2. The van der Waals surface area contributed by atoms with Gasteiger partial charge in [-0.2, -0.15) is 11.3 Å². The Hall–Kier alpha value is -2.38. The number of nitrogens with zero attached hydrogens (tertiary/aromatic N) is 1. The minimum Gasteiger partial charge on any atom is -0.497 e. The smallest absolute Gasteiger partial charge is 0.309 e. The number of likely N-dealkylation sites (tertiary alicyclic amines) is 1. The number of hydrogen-bond acceptors (Lipinski definition) is 5. The number of thiophene rings is 1. The molecule has 0 aliphatic carbocycles. The number of nitrogens with one attached hydrogen (secondary N) is 2. The molecule has 0 bridgehead atoms. The molecule has 1 saturated heterocycles. The quantitative estimate of drug-likeness (QED) is 0.682. The lowest BCUT2D eigenvalue weighted by Gasteiger charge is -2.30. The van der Waals surface area contributed by atoms with Crippen LogP contribution in [0.15, 0.2) is 41.1 Å². The van der Waals surface area contributed by atoms with Gasteiger partial charge in [-0.1, -0.05) is 25.0 Å². The summed E-state index contributed by atoms with van der Waals surface area (Å²) in [6.45, 7) is 2.79. The SMILES string of the molecule is COc1ccc(CNC(=O)C(=O)NCC(c2ccsc2)N2CCCCCC2)cc1. The van der Waals surface area contributed by atoms with Gasteiger partial charge in [0.15, 0.2) is 0 Å². The molecule has 2 N–H and O–H groups in total. The minimum absolute atomic E-state index is 0.109. The Morgan fingerprint density at radius 3 is 2.34 bits per heavy atom. The van der Waals surface area contributed by atoms with Crippen molar-refractivity contribution in [2.75, 3.05) is 26.7 Å². The van der Waals surface area contributed by atoms with Crippen molar-refractivity contribution in [1.29, 1.82) is 0 Å². The van der Waals surface area contributed by atoms with Crippen LogP contribution in [0.25, 0.3) is 0 Å². The summed E-state index contributed by atoms with van der Waals surface area (Å²) in [6.07, 6.45) is 4.87. The van der Waals surface area contributed by atoms with E-state index in [-0.39, 0.29) is 6.04 Å². The fourth-order valence-electron chi connectivity index (χ4n) is 3.60. The second kappa shape index (κ2) is 11.0. The Bertz CT molecular complexity index is 769. The Kier molecular flexibility index (Phi) is 8.07. The van der Waals surface area contributed by atoms with E-state index in [1.165, 1.54) is 31.2 Å². The molecule has 156 valence electrons. The minimum atomic E-state index is -0.610. The second-order valence-corrected chi connectivity index (χ2v) is 8.04. The van der Waals surface area contributed by atoms with Crippen molar-refractivity contribution in [3.05, 3.63) is 52.2 Å². The molecule has 1 fully saturated rings. The molecule has 1 unspecified atom stereocenters. The topological polar surface area (TPSA) is 70.7 Å². The number of amides is 2. The van der Waals surface area contributed by atoms with Crippen LogP contribution < -0.4 is 15.4 Å². The summed E-state index contributed by atoms with van der Waals surface area (Å²) in [6, 6.07) is 9.60. The van der Waals surface area contributed by atoms with Gasteiger partial charge in [-0.05, 0) is 66.0 Å². The maximum Gasteiger partial charge on any atom is 0.309 e. The average Bonchev–Trinajstić information content (AvgIpc) is 3.15. The van der Waals surface area contributed by atoms with Gasteiger partial charge in [0.2, 0.25) is 0 Å². The van der Waals surface area contributed by atoms with Crippen LogP contribution in [0.5, 0.6) is 5.75 Å². The zero-order valence-corrected chi connectivity index (χ0v) is 17.7. The van der Waals surface area contributed by atoms with Crippen molar-refractivity contribution in [3.8, 4) is 5.75 Å². The molecule has 2 aromatic rings. The first kappa shape index (κ1) is 21.3. The summed E-state index contributed by atoms with van der Waals surface area (Å²) in [4.78, 5) is 27.0. The van der Waals surface area contributed by atoms with E-state index in [1.54, 1.807) is 18.4 Å². The number of benzene rings is 1. The number of ether oxygens (including phenoxy) is 1. The molecule has 0 radical (unpaired) electrons. The van der Waals surface area contributed by atoms with Crippen LogP contribution in [0.1, 0.15) is 42.9 Å². The maximum atomic E-state index is 12.3. The van der Waals surface area contributed by atoms with Gasteiger partial charge < -0.3 is 15.4 Å². The molecule has 1 aromatic carbocycles. The lowest BCUT2D eigenvalue weighted by atomic mass is 10.1. The van der Waals surface area contributed by atoms with Gasteiger partial charge in [0.25, 0.3) is 0 Å². The van der Waals surface area contributed by atoms with Gasteiger partial charge in [-0.15, -0.1) is 0 Å². The summed E-state index contributed by atoms with van der Waals surface area (Å²) in [7, 11) is 1.61. The van der Waals surface area contributed by atoms with Gasteiger partial charge in [0.1, 0.15) is 5.75 Å². The van der Waals surface area contributed by atoms with Crippen molar-refractivity contribution in [2.24, 2.45) is 0 Å². The monoisotopic (exact) mass is 415 g/mol. The molecule has 6 nitrogen and oxygen atoms in total. The molecule has 2 amide bonds.